The molecule has 2 saturated heterocycles. The maximum Gasteiger partial charge on any atom is 0.259 e. The maximum atomic E-state index is 13.2. The number of amides is 2. The van der Waals surface area contributed by atoms with Crippen molar-refractivity contribution in [2.75, 3.05) is 36.0 Å². The number of nitrogens with zero attached hydrogens (tertiary/aromatic N) is 6. The minimum Gasteiger partial charge on any atom is -0.297 e. The minimum absolute atomic E-state index is 0.0741. The molecule has 2 saturated carbocycles. The van der Waals surface area contributed by atoms with Gasteiger partial charge in [-0.1, -0.05) is 23.2 Å². The quantitative estimate of drug-likeness (QED) is 0.175. The largest absolute Gasteiger partial charge is 0.297 e. The lowest BCUT2D eigenvalue weighted by Crippen LogP contribution is -2.39. The first-order chi connectivity index (χ1) is 28.4. The summed E-state index contributed by atoms with van der Waals surface area (Å²) in [5.74, 6) is 0.0252. The van der Waals surface area contributed by atoms with E-state index in [2.05, 4.69) is 9.97 Å². The summed E-state index contributed by atoms with van der Waals surface area (Å²) in [6, 6.07) is 14.7. The van der Waals surface area contributed by atoms with E-state index >= 15 is 0 Å². The van der Waals surface area contributed by atoms with Crippen molar-refractivity contribution in [2.45, 2.75) is 99.6 Å². The van der Waals surface area contributed by atoms with E-state index in [-0.39, 0.29) is 34.2 Å². The third-order valence-corrected chi connectivity index (χ3v) is 18.3. The van der Waals surface area contributed by atoms with Gasteiger partial charge in [0.25, 0.3) is 11.8 Å². The van der Waals surface area contributed by atoms with E-state index in [0.29, 0.717) is 47.4 Å². The van der Waals surface area contributed by atoms with Crippen molar-refractivity contribution in [1.82, 2.24) is 18.6 Å². The molecule has 16 heteroatoms. The number of hydrogen-bond donors (Lipinski definition) is 0. The van der Waals surface area contributed by atoms with Crippen molar-refractivity contribution in [2.24, 2.45) is 0 Å². The summed E-state index contributed by atoms with van der Waals surface area (Å²) >= 11 is 12.4. The van der Waals surface area contributed by atoms with Crippen LogP contribution in [0.4, 0.5) is 11.4 Å². The van der Waals surface area contributed by atoms with Gasteiger partial charge in [-0.2, -0.15) is 0 Å². The van der Waals surface area contributed by atoms with Gasteiger partial charge in [0.05, 0.1) is 45.3 Å². The van der Waals surface area contributed by atoms with E-state index in [1.165, 1.54) is 0 Å². The second kappa shape index (κ2) is 14.9. The fourth-order valence-electron chi connectivity index (χ4n) is 9.49. The Morgan fingerprint density at radius 2 is 0.950 bits per heavy atom. The highest BCUT2D eigenvalue weighted by Crippen LogP contribution is 2.46. The number of carbonyl (C=O) groups excluding carboxylic acids is 2. The molecule has 4 aromatic rings. The zero-order chi connectivity index (χ0) is 42.5. The Morgan fingerprint density at radius 3 is 1.32 bits per heavy atom. The highest BCUT2D eigenvalue weighted by atomic mass is 35.5. The fraction of sp³-hybridized carbons (Fsp3) is 0.455. The first-order valence-corrected chi connectivity index (χ1v) is 24.3. The molecule has 10 rings (SSSR count). The predicted octanol–water partition coefficient (Wildman–Crippen LogP) is 7.82. The van der Waals surface area contributed by atoms with Crippen LogP contribution >= 0.6 is 23.2 Å². The summed E-state index contributed by atoms with van der Waals surface area (Å²) in [4.78, 5) is 38.7. The monoisotopic (exact) mass is 890 g/mol. The van der Waals surface area contributed by atoms with Crippen molar-refractivity contribution in [3.63, 3.8) is 0 Å². The second-order valence-electron chi connectivity index (χ2n) is 17.9. The van der Waals surface area contributed by atoms with Gasteiger partial charge >= 0.3 is 0 Å². The SMILES string of the molecule is CC1(C)c2cc(Cl)ccc2C(=O)N1c1cncc(C2CCN(S(=O)(=O)C3CC3)C2)c1.CC1(C)c2cc(Cl)ccc2C(=O)N1c1cncc(C2CCN(S(=O)(=O)C3CC3)C2)c1. The molecule has 4 fully saturated rings. The Bertz CT molecular complexity index is 2470. The van der Waals surface area contributed by atoms with E-state index in [4.69, 9.17) is 23.2 Å². The van der Waals surface area contributed by atoms with E-state index in [9.17, 15) is 26.4 Å². The van der Waals surface area contributed by atoms with Gasteiger partial charge in [0.1, 0.15) is 0 Å². The molecule has 12 nitrogen and oxygen atoms in total. The molecule has 2 unspecified atom stereocenters. The van der Waals surface area contributed by atoms with Crippen LogP contribution in [0.1, 0.15) is 121 Å². The number of sulfonamides is 2. The van der Waals surface area contributed by atoms with Crippen LogP contribution in [0.5, 0.6) is 0 Å². The molecule has 60 heavy (non-hydrogen) atoms. The number of hydrogen-bond acceptors (Lipinski definition) is 8. The summed E-state index contributed by atoms with van der Waals surface area (Å²) in [7, 11) is -6.33. The number of benzene rings is 2. The van der Waals surface area contributed by atoms with Crippen LogP contribution in [0.25, 0.3) is 0 Å². The second-order valence-corrected chi connectivity index (χ2v) is 23.2. The van der Waals surface area contributed by atoms with Gasteiger partial charge in [0, 0.05) is 71.6 Å². The number of rotatable bonds is 8. The molecule has 0 N–H and O–H groups in total. The van der Waals surface area contributed by atoms with Crippen LogP contribution < -0.4 is 9.80 Å². The number of aromatic nitrogens is 2. The summed E-state index contributed by atoms with van der Waals surface area (Å²) in [5.41, 5.74) is 5.35. The van der Waals surface area contributed by atoms with E-state index in [1.807, 2.05) is 52.0 Å². The molecule has 6 aliphatic rings. The Hall–Kier alpha value is -3.92. The Morgan fingerprint density at radius 1 is 0.567 bits per heavy atom. The van der Waals surface area contributed by atoms with Gasteiger partial charge in [0.2, 0.25) is 20.0 Å². The lowest BCUT2D eigenvalue weighted by Gasteiger charge is -2.32. The first-order valence-electron chi connectivity index (χ1n) is 20.6. The molecule has 316 valence electrons. The van der Waals surface area contributed by atoms with Crippen LogP contribution in [-0.4, -0.2) is 83.9 Å². The first kappa shape index (κ1) is 41.4. The molecule has 6 heterocycles. The van der Waals surface area contributed by atoms with Gasteiger partial charge in [0.15, 0.2) is 0 Å². The Balaban J connectivity index is 0.000000154. The number of anilines is 2. The minimum atomic E-state index is -3.16. The van der Waals surface area contributed by atoms with Gasteiger partial charge in [-0.15, -0.1) is 0 Å². The maximum absolute atomic E-state index is 13.2. The molecule has 0 bridgehead atoms. The summed E-state index contributed by atoms with van der Waals surface area (Å²) in [5, 5.41) is 0.834. The van der Waals surface area contributed by atoms with E-state index in [0.717, 1.165) is 72.2 Å². The highest BCUT2D eigenvalue weighted by molar-refractivity contribution is 7.90. The van der Waals surface area contributed by atoms with Crippen molar-refractivity contribution >= 4 is 66.4 Å². The van der Waals surface area contributed by atoms with Crippen LogP contribution in [0.3, 0.4) is 0 Å². The number of halogens is 2. The molecule has 2 atom stereocenters. The smallest absolute Gasteiger partial charge is 0.259 e. The lowest BCUT2D eigenvalue weighted by atomic mass is 9.93. The van der Waals surface area contributed by atoms with Crippen LogP contribution in [-0.2, 0) is 31.1 Å². The average molecular weight is 892 g/mol. The molecule has 2 amide bonds. The molecule has 2 aromatic heterocycles. The lowest BCUT2D eigenvalue weighted by molar-refractivity contribution is 0.0973. The highest BCUT2D eigenvalue weighted by Gasteiger charge is 2.47. The van der Waals surface area contributed by atoms with Crippen molar-refractivity contribution in [1.29, 1.82) is 0 Å². The summed E-state index contributed by atoms with van der Waals surface area (Å²) < 4.78 is 53.6. The van der Waals surface area contributed by atoms with Crippen molar-refractivity contribution in [3.05, 3.63) is 117 Å². The third-order valence-electron chi connectivity index (χ3n) is 13.1. The molecular weight excluding hydrogens is 844 g/mol. The molecular formula is C44H48Cl2N6O6S2. The Kier molecular flexibility index (Phi) is 10.3. The zero-order valence-electron chi connectivity index (χ0n) is 34.0. The van der Waals surface area contributed by atoms with Gasteiger partial charge < -0.3 is 0 Å². The van der Waals surface area contributed by atoms with E-state index in [1.54, 1.807) is 67.5 Å². The number of fused-ring (bicyclic) bond motifs is 2. The van der Waals surface area contributed by atoms with Crippen molar-refractivity contribution < 1.29 is 26.4 Å². The van der Waals surface area contributed by atoms with E-state index < -0.39 is 31.1 Å². The van der Waals surface area contributed by atoms with Crippen LogP contribution in [0.15, 0.2) is 73.3 Å². The van der Waals surface area contributed by atoms with Gasteiger partial charge in [-0.05, 0) is 137 Å². The Labute approximate surface area is 362 Å². The zero-order valence-corrected chi connectivity index (χ0v) is 37.2. The van der Waals surface area contributed by atoms with Gasteiger partial charge in [-0.3, -0.25) is 29.4 Å². The predicted molar refractivity (Wildman–Crippen MR) is 233 cm³/mol. The molecule has 0 radical (unpaired) electrons. The summed E-state index contributed by atoms with van der Waals surface area (Å²) in [6.45, 7) is 10.1. The molecule has 2 aromatic carbocycles. The standard InChI is InChI=1S/2C22H24ClN3O3S/c2*1-22(2)20-10-16(23)3-6-19(20)21(27)26(22)17-9-15(11-24-12-17)14-7-8-25(13-14)30(28,29)18-4-5-18/h2*3,6,9-12,14,18H,4-5,7-8,13H2,1-2H3. The molecule has 4 aliphatic heterocycles. The average Bonchev–Trinajstić information content (AvgIpc) is 4.12. The number of carbonyl (C=O) groups is 2. The van der Waals surface area contributed by atoms with Crippen molar-refractivity contribution in [3.8, 4) is 0 Å². The van der Waals surface area contributed by atoms with Gasteiger partial charge in [-0.25, -0.2) is 25.4 Å². The molecule has 0 spiro atoms. The normalized spacial score (nSPS) is 23.8. The fourth-order valence-corrected chi connectivity index (χ4v) is 13.6. The summed E-state index contributed by atoms with van der Waals surface area (Å²) in [6.07, 6.45) is 11.6. The number of pyridine rings is 2. The topological polar surface area (TPSA) is 141 Å². The molecule has 2 aliphatic carbocycles. The third kappa shape index (κ3) is 7.14. The van der Waals surface area contributed by atoms with Crippen LogP contribution in [0, 0.1) is 0 Å². The van der Waals surface area contributed by atoms with Crippen LogP contribution in [0.2, 0.25) is 10.0 Å².